The molecule has 28 heavy (non-hydrogen) atoms. The zero-order valence-corrected chi connectivity index (χ0v) is 17.1. The van der Waals surface area contributed by atoms with Crippen LogP contribution in [0.15, 0.2) is 12.7 Å². The third-order valence-corrected chi connectivity index (χ3v) is 6.72. The SMILES string of the molecule is C=CCNC(=O)CN1CCN(Cc2nc(N)c3c4c(sc3n2)CCCC4)CC1. The van der Waals surface area contributed by atoms with Crippen molar-refractivity contribution in [1.29, 1.82) is 0 Å². The Morgan fingerprint density at radius 2 is 1.93 bits per heavy atom. The fraction of sp³-hybridized carbons (Fsp3) is 0.550. The van der Waals surface area contributed by atoms with Gasteiger partial charge in [0.1, 0.15) is 16.5 Å². The Bertz CT molecular complexity index is 871. The van der Waals surface area contributed by atoms with Crippen molar-refractivity contribution in [2.24, 2.45) is 0 Å². The van der Waals surface area contributed by atoms with Crippen LogP contribution in [0.2, 0.25) is 0 Å². The van der Waals surface area contributed by atoms with Crippen molar-refractivity contribution < 1.29 is 4.79 Å². The summed E-state index contributed by atoms with van der Waals surface area (Å²) < 4.78 is 0. The van der Waals surface area contributed by atoms with E-state index in [-0.39, 0.29) is 5.91 Å². The minimum Gasteiger partial charge on any atom is -0.383 e. The van der Waals surface area contributed by atoms with Crippen LogP contribution in [0.5, 0.6) is 0 Å². The maximum Gasteiger partial charge on any atom is 0.234 e. The Morgan fingerprint density at radius 3 is 2.71 bits per heavy atom. The number of nitrogen functional groups attached to an aromatic ring is 1. The molecule has 1 aliphatic heterocycles. The third kappa shape index (κ3) is 4.19. The molecule has 0 unspecified atom stereocenters. The highest BCUT2D eigenvalue weighted by Gasteiger charge is 2.22. The minimum absolute atomic E-state index is 0.0524. The first-order valence-electron chi connectivity index (χ1n) is 10.0. The van der Waals surface area contributed by atoms with Crippen molar-refractivity contribution in [2.45, 2.75) is 32.2 Å². The van der Waals surface area contributed by atoms with Crippen LogP contribution in [-0.2, 0) is 24.2 Å². The highest BCUT2D eigenvalue weighted by atomic mass is 32.1. The number of hydrogen-bond acceptors (Lipinski definition) is 7. The smallest absolute Gasteiger partial charge is 0.234 e. The molecule has 1 amide bonds. The van der Waals surface area contributed by atoms with Gasteiger partial charge in [0.15, 0.2) is 0 Å². The summed E-state index contributed by atoms with van der Waals surface area (Å²) in [5.41, 5.74) is 7.71. The molecule has 2 aromatic rings. The molecule has 0 radical (unpaired) electrons. The average Bonchev–Trinajstić information content (AvgIpc) is 3.06. The van der Waals surface area contributed by atoms with Gasteiger partial charge in [0.25, 0.3) is 0 Å². The molecule has 0 saturated carbocycles. The number of carbonyl (C=O) groups excluding carboxylic acids is 1. The molecule has 3 N–H and O–H groups in total. The van der Waals surface area contributed by atoms with Crippen molar-refractivity contribution in [3.8, 4) is 0 Å². The van der Waals surface area contributed by atoms with Gasteiger partial charge in [-0.2, -0.15) is 0 Å². The van der Waals surface area contributed by atoms with E-state index in [0.717, 1.165) is 55.1 Å². The van der Waals surface area contributed by atoms with Gasteiger partial charge in [-0.25, -0.2) is 9.97 Å². The summed E-state index contributed by atoms with van der Waals surface area (Å²) in [5, 5.41) is 3.93. The number of fused-ring (bicyclic) bond motifs is 3. The van der Waals surface area contributed by atoms with Gasteiger partial charge in [-0.15, -0.1) is 17.9 Å². The number of nitrogens with one attached hydrogen (secondary N) is 1. The van der Waals surface area contributed by atoms with Crippen LogP contribution in [-0.4, -0.2) is 64.9 Å². The Labute approximate surface area is 169 Å². The van der Waals surface area contributed by atoms with Crippen molar-refractivity contribution >= 4 is 33.3 Å². The van der Waals surface area contributed by atoms with Crippen LogP contribution >= 0.6 is 11.3 Å². The largest absolute Gasteiger partial charge is 0.383 e. The summed E-state index contributed by atoms with van der Waals surface area (Å²) >= 11 is 1.79. The van der Waals surface area contributed by atoms with Crippen LogP contribution in [0.4, 0.5) is 5.82 Å². The number of nitrogens with two attached hydrogens (primary N) is 1. The Hall–Kier alpha value is -2.03. The average molecular weight is 401 g/mol. The van der Waals surface area contributed by atoms with Crippen molar-refractivity contribution in [3.05, 3.63) is 28.9 Å². The summed E-state index contributed by atoms with van der Waals surface area (Å²) in [5.74, 6) is 1.49. The summed E-state index contributed by atoms with van der Waals surface area (Å²) in [6, 6.07) is 0. The zero-order valence-electron chi connectivity index (χ0n) is 16.2. The summed E-state index contributed by atoms with van der Waals surface area (Å²) in [6.45, 7) is 8.82. The highest BCUT2D eigenvalue weighted by Crippen LogP contribution is 2.37. The summed E-state index contributed by atoms with van der Waals surface area (Å²) in [4.78, 5) is 28.3. The van der Waals surface area contributed by atoms with Crippen LogP contribution in [0.25, 0.3) is 10.2 Å². The molecule has 2 aliphatic rings. The van der Waals surface area contributed by atoms with E-state index in [9.17, 15) is 4.79 Å². The zero-order chi connectivity index (χ0) is 19.5. The molecule has 1 saturated heterocycles. The number of thiophene rings is 1. The molecule has 150 valence electrons. The lowest BCUT2D eigenvalue weighted by molar-refractivity contribution is -0.122. The van der Waals surface area contributed by atoms with Gasteiger partial charge in [0, 0.05) is 37.6 Å². The van der Waals surface area contributed by atoms with Crippen molar-refractivity contribution in [3.63, 3.8) is 0 Å². The van der Waals surface area contributed by atoms with E-state index in [2.05, 4.69) is 26.7 Å². The summed E-state index contributed by atoms with van der Waals surface area (Å²) in [6.07, 6.45) is 6.44. The first-order valence-corrected chi connectivity index (χ1v) is 10.8. The maximum atomic E-state index is 11.8. The molecule has 0 spiro atoms. The van der Waals surface area contributed by atoms with Crippen molar-refractivity contribution in [1.82, 2.24) is 25.1 Å². The van der Waals surface area contributed by atoms with E-state index in [1.807, 2.05) is 0 Å². The van der Waals surface area contributed by atoms with E-state index in [4.69, 9.17) is 10.7 Å². The molecule has 1 fully saturated rings. The number of hydrogen-bond donors (Lipinski definition) is 2. The molecule has 2 aromatic heterocycles. The van der Waals surface area contributed by atoms with Gasteiger partial charge < -0.3 is 11.1 Å². The van der Waals surface area contributed by atoms with E-state index < -0.39 is 0 Å². The standard InChI is InChI=1S/C20H28N6OS/c1-2-7-22-17(27)13-26-10-8-25(9-11-26)12-16-23-19(21)18-14-5-3-4-6-15(14)28-20(18)24-16/h2H,1,3-13H2,(H,22,27)(H2,21,23,24). The predicted octanol–water partition coefficient (Wildman–Crippen LogP) is 1.57. The number of carbonyl (C=O) groups is 1. The lowest BCUT2D eigenvalue weighted by atomic mass is 9.97. The molecule has 1 aliphatic carbocycles. The highest BCUT2D eigenvalue weighted by molar-refractivity contribution is 7.19. The summed E-state index contributed by atoms with van der Waals surface area (Å²) in [7, 11) is 0. The Balaban J connectivity index is 1.37. The molecule has 0 aromatic carbocycles. The monoisotopic (exact) mass is 400 g/mol. The fourth-order valence-electron chi connectivity index (χ4n) is 4.05. The molecule has 0 bridgehead atoms. The molecule has 8 heteroatoms. The van der Waals surface area contributed by atoms with E-state index in [1.54, 1.807) is 17.4 Å². The van der Waals surface area contributed by atoms with Gasteiger partial charge in [-0.1, -0.05) is 6.08 Å². The van der Waals surface area contributed by atoms with E-state index in [0.29, 0.717) is 25.5 Å². The Kier molecular flexibility index (Phi) is 5.89. The number of anilines is 1. The van der Waals surface area contributed by atoms with Gasteiger partial charge in [0.2, 0.25) is 5.91 Å². The molecule has 3 heterocycles. The van der Waals surface area contributed by atoms with Crippen LogP contribution in [0, 0.1) is 0 Å². The van der Waals surface area contributed by atoms with Gasteiger partial charge in [-0.3, -0.25) is 14.6 Å². The van der Waals surface area contributed by atoms with Gasteiger partial charge in [0.05, 0.1) is 18.5 Å². The predicted molar refractivity (Wildman–Crippen MR) is 113 cm³/mol. The van der Waals surface area contributed by atoms with Gasteiger partial charge >= 0.3 is 0 Å². The quantitative estimate of drug-likeness (QED) is 0.716. The number of aromatic nitrogens is 2. The topological polar surface area (TPSA) is 87.4 Å². The second kappa shape index (κ2) is 8.55. The number of aryl methyl sites for hydroxylation is 2. The number of rotatable bonds is 6. The van der Waals surface area contributed by atoms with E-state index >= 15 is 0 Å². The molecular weight excluding hydrogens is 372 g/mol. The molecule has 4 rings (SSSR count). The number of nitrogens with zero attached hydrogens (tertiary/aromatic N) is 4. The lowest BCUT2D eigenvalue weighted by Gasteiger charge is -2.33. The lowest BCUT2D eigenvalue weighted by Crippen LogP contribution is -2.49. The third-order valence-electron chi connectivity index (χ3n) is 5.53. The minimum atomic E-state index is 0.0524. The second-order valence-electron chi connectivity index (χ2n) is 7.56. The first kappa shape index (κ1) is 19.3. The molecular formula is C20H28N6OS. The number of amides is 1. The van der Waals surface area contributed by atoms with Crippen LogP contribution < -0.4 is 11.1 Å². The molecule has 7 nitrogen and oxygen atoms in total. The van der Waals surface area contributed by atoms with Crippen LogP contribution in [0.1, 0.15) is 29.1 Å². The fourth-order valence-corrected chi connectivity index (χ4v) is 5.34. The van der Waals surface area contributed by atoms with Crippen molar-refractivity contribution in [2.75, 3.05) is 45.0 Å². The Morgan fingerprint density at radius 1 is 1.18 bits per heavy atom. The molecule has 0 atom stereocenters. The van der Waals surface area contributed by atoms with Gasteiger partial charge in [-0.05, 0) is 31.2 Å². The number of piperazine rings is 1. The second-order valence-corrected chi connectivity index (χ2v) is 8.64. The van der Waals surface area contributed by atoms with E-state index in [1.165, 1.54) is 23.3 Å². The first-order chi connectivity index (χ1) is 13.6. The van der Waals surface area contributed by atoms with Crippen LogP contribution in [0.3, 0.4) is 0 Å². The normalized spacial score (nSPS) is 18.1. The maximum absolute atomic E-state index is 11.8.